The quantitative estimate of drug-likeness (QED) is 0.653. The van der Waals surface area contributed by atoms with Crippen LogP contribution in [0, 0.1) is 0 Å². The molecule has 0 aliphatic heterocycles. The van der Waals surface area contributed by atoms with E-state index >= 15 is 0 Å². The summed E-state index contributed by atoms with van der Waals surface area (Å²) in [6.45, 7) is 2.12. The Morgan fingerprint density at radius 3 is 2.75 bits per heavy atom. The van der Waals surface area contributed by atoms with Gasteiger partial charge in [0.1, 0.15) is 5.82 Å². The van der Waals surface area contributed by atoms with Crippen LogP contribution in [-0.4, -0.2) is 23.6 Å². The van der Waals surface area contributed by atoms with Crippen LogP contribution in [0.1, 0.15) is 55.8 Å². The van der Waals surface area contributed by atoms with Gasteiger partial charge >= 0.3 is 5.97 Å². The summed E-state index contributed by atoms with van der Waals surface area (Å²) in [6.07, 6.45) is 8.93. The van der Waals surface area contributed by atoms with Crippen LogP contribution in [0.4, 0.5) is 11.5 Å². The molecule has 1 fully saturated rings. The molecule has 0 spiro atoms. The first-order valence-electron chi connectivity index (χ1n) is 7.40. The number of aromatic nitrogens is 1. The fourth-order valence-electron chi connectivity index (χ4n) is 2.56. The molecule has 0 radical (unpaired) electrons. The van der Waals surface area contributed by atoms with Crippen molar-refractivity contribution in [1.29, 1.82) is 0 Å². The van der Waals surface area contributed by atoms with Crippen LogP contribution in [0.2, 0.25) is 0 Å². The highest BCUT2D eigenvalue weighted by molar-refractivity contribution is 5.95. The van der Waals surface area contributed by atoms with Gasteiger partial charge in [-0.15, -0.1) is 0 Å². The maximum absolute atomic E-state index is 11.8. The molecule has 0 bridgehead atoms. The predicted molar refractivity (Wildman–Crippen MR) is 79.7 cm³/mol. The molecule has 1 aromatic rings. The van der Waals surface area contributed by atoms with E-state index in [4.69, 9.17) is 10.5 Å². The number of carbonyl (C=O) groups is 1. The molecular formula is C15H23N3O2. The summed E-state index contributed by atoms with van der Waals surface area (Å²) in [5.74, 6) is 0.311. The molecule has 1 aliphatic carbocycles. The van der Waals surface area contributed by atoms with Gasteiger partial charge in [-0.25, -0.2) is 9.78 Å². The average molecular weight is 277 g/mol. The molecule has 110 valence electrons. The Bertz CT molecular complexity index is 454. The Morgan fingerprint density at radius 1 is 1.40 bits per heavy atom. The molecule has 0 atom stereocenters. The molecule has 5 nitrogen and oxygen atoms in total. The molecule has 2 rings (SSSR count). The van der Waals surface area contributed by atoms with Gasteiger partial charge in [-0.05, 0) is 25.8 Å². The highest BCUT2D eigenvalue weighted by Crippen LogP contribution is 2.22. The van der Waals surface area contributed by atoms with E-state index in [1.165, 1.54) is 31.9 Å². The molecule has 1 saturated carbocycles. The van der Waals surface area contributed by atoms with Crippen molar-refractivity contribution in [2.24, 2.45) is 0 Å². The number of pyridine rings is 1. The molecular weight excluding hydrogens is 254 g/mol. The van der Waals surface area contributed by atoms with Crippen LogP contribution in [0.15, 0.2) is 12.3 Å². The number of esters is 1. The number of rotatable bonds is 4. The second-order valence-corrected chi connectivity index (χ2v) is 5.21. The number of anilines is 2. The summed E-state index contributed by atoms with van der Waals surface area (Å²) in [6, 6.07) is 2.13. The number of nitrogens with one attached hydrogen (secondary N) is 1. The molecule has 0 amide bonds. The Morgan fingerprint density at radius 2 is 2.10 bits per heavy atom. The molecule has 0 aromatic carbocycles. The summed E-state index contributed by atoms with van der Waals surface area (Å²) in [5.41, 5.74) is 6.53. The second-order valence-electron chi connectivity index (χ2n) is 5.21. The number of hydrogen-bond acceptors (Lipinski definition) is 5. The van der Waals surface area contributed by atoms with Crippen LogP contribution in [0.5, 0.6) is 0 Å². The zero-order valence-electron chi connectivity index (χ0n) is 12.0. The lowest BCUT2D eigenvalue weighted by atomic mass is 10.1. The van der Waals surface area contributed by atoms with Crippen molar-refractivity contribution in [3.8, 4) is 0 Å². The second kappa shape index (κ2) is 7.12. The van der Waals surface area contributed by atoms with Crippen molar-refractivity contribution in [3.63, 3.8) is 0 Å². The molecule has 20 heavy (non-hydrogen) atoms. The van der Waals surface area contributed by atoms with Gasteiger partial charge in [0.25, 0.3) is 0 Å². The summed E-state index contributed by atoms with van der Waals surface area (Å²) >= 11 is 0. The van der Waals surface area contributed by atoms with Crippen LogP contribution >= 0.6 is 0 Å². The molecule has 1 aromatic heterocycles. The van der Waals surface area contributed by atoms with E-state index in [1.807, 2.05) is 0 Å². The first-order valence-corrected chi connectivity index (χ1v) is 7.40. The standard InChI is InChI=1S/C15H23N3O2/c1-2-20-15(19)12-9-14(17-10-13(12)16)18-11-7-5-3-4-6-8-11/h9-11H,2-8,16H2,1H3,(H,17,18). The molecule has 0 saturated heterocycles. The lowest BCUT2D eigenvalue weighted by Gasteiger charge is -2.17. The van der Waals surface area contributed by atoms with Crippen molar-refractivity contribution in [2.45, 2.75) is 51.5 Å². The van der Waals surface area contributed by atoms with Crippen LogP contribution in [0.25, 0.3) is 0 Å². The van der Waals surface area contributed by atoms with Crippen LogP contribution in [-0.2, 0) is 4.74 Å². The number of hydrogen-bond donors (Lipinski definition) is 2. The highest BCUT2D eigenvalue weighted by Gasteiger charge is 2.16. The number of nitrogens with zero attached hydrogens (tertiary/aromatic N) is 1. The Kier molecular flexibility index (Phi) is 5.21. The number of nitrogens with two attached hydrogens (primary N) is 1. The Labute approximate surface area is 119 Å². The third-order valence-corrected chi connectivity index (χ3v) is 3.64. The van der Waals surface area contributed by atoms with Crippen molar-refractivity contribution in [3.05, 3.63) is 17.8 Å². The van der Waals surface area contributed by atoms with E-state index < -0.39 is 5.97 Å². The summed E-state index contributed by atoms with van der Waals surface area (Å²) in [5, 5.41) is 3.41. The van der Waals surface area contributed by atoms with Gasteiger partial charge in [0.15, 0.2) is 0 Å². The summed E-state index contributed by atoms with van der Waals surface area (Å²) in [7, 11) is 0. The minimum Gasteiger partial charge on any atom is -0.462 e. The Balaban J connectivity index is 2.08. The fourth-order valence-corrected chi connectivity index (χ4v) is 2.56. The zero-order chi connectivity index (χ0) is 14.4. The highest BCUT2D eigenvalue weighted by atomic mass is 16.5. The average Bonchev–Trinajstić information content (AvgIpc) is 2.70. The topological polar surface area (TPSA) is 77.2 Å². The minimum absolute atomic E-state index is 0.339. The fraction of sp³-hybridized carbons (Fsp3) is 0.600. The minimum atomic E-state index is -0.392. The molecule has 1 aliphatic rings. The van der Waals surface area contributed by atoms with E-state index in [9.17, 15) is 4.79 Å². The van der Waals surface area contributed by atoms with Crippen molar-refractivity contribution >= 4 is 17.5 Å². The molecule has 0 unspecified atom stereocenters. The van der Waals surface area contributed by atoms with Crippen molar-refractivity contribution in [1.82, 2.24) is 4.98 Å². The van der Waals surface area contributed by atoms with E-state index in [0.29, 0.717) is 29.7 Å². The Hall–Kier alpha value is -1.78. The van der Waals surface area contributed by atoms with Crippen LogP contribution < -0.4 is 11.1 Å². The lowest BCUT2D eigenvalue weighted by Crippen LogP contribution is -2.19. The number of carbonyl (C=O) groups excluding carboxylic acids is 1. The molecule has 1 heterocycles. The first kappa shape index (κ1) is 14.6. The molecule has 3 N–H and O–H groups in total. The van der Waals surface area contributed by atoms with Gasteiger partial charge in [-0.2, -0.15) is 0 Å². The van der Waals surface area contributed by atoms with Crippen molar-refractivity contribution in [2.75, 3.05) is 17.7 Å². The SMILES string of the molecule is CCOC(=O)c1cc(NC2CCCCCC2)ncc1N. The third-order valence-electron chi connectivity index (χ3n) is 3.64. The monoisotopic (exact) mass is 277 g/mol. The van der Waals surface area contributed by atoms with Gasteiger partial charge in [0.05, 0.1) is 24.1 Å². The normalized spacial score (nSPS) is 16.4. The van der Waals surface area contributed by atoms with Gasteiger partial charge in [-0.1, -0.05) is 25.7 Å². The van der Waals surface area contributed by atoms with Gasteiger partial charge < -0.3 is 15.8 Å². The third kappa shape index (κ3) is 3.85. The predicted octanol–water partition coefficient (Wildman–Crippen LogP) is 2.98. The van der Waals surface area contributed by atoms with E-state index in [2.05, 4.69) is 10.3 Å². The van der Waals surface area contributed by atoms with Gasteiger partial charge in [-0.3, -0.25) is 0 Å². The van der Waals surface area contributed by atoms with Gasteiger partial charge in [0.2, 0.25) is 0 Å². The summed E-state index contributed by atoms with van der Waals surface area (Å²) < 4.78 is 5.00. The van der Waals surface area contributed by atoms with E-state index in [-0.39, 0.29) is 0 Å². The first-order chi connectivity index (χ1) is 9.70. The maximum Gasteiger partial charge on any atom is 0.340 e. The zero-order valence-corrected chi connectivity index (χ0v) is 12.0. The van der Waals surface area contributed by atoms with Crippen molar-refractivity contribution < 1.29 is 9.53 Å². The lowest BCUT2D eigenvalue weighted by molar-refractivity contribution is 0.0527. The number of ether oxygens (including phenoxy) is 1. The maximum atomic E-state index is 11.8. The number of nitrogen functional groups attached to an aromatic ring is 1. The largest absolute Gasteiger partial charge is 0.462 e. The van der Waals surface area contributed by atoms with E-state index in [0.717, 1.165) is 12.8 Å². The smallest absolute Gasteiger partial charge is 0.340 e. The summed E-state index contributed by atoms with van der Waals surface area (Å²) in [4.78, 5) is 16.1. The van der Waals surface area contributed by atoms with Gasteiger partial charge in [0, 0.05) is 6.04 Å². The molecule has 5 heteroatoms. The van der Waals surface area contributed by atoms with Crippen LogP contribution in [0.3, 0.4) is 0 Å². The van der Waals surface area contributed by atoms with E-state index in [1.54, 1.807) is 13.0 Å².